The molecule has 0 aliphatic heterocycles. The third-order valence-corrected chi connectivity index (χ3v) is 1.87. The molecule has 0 aromatic rings. The van der Waals surface area contributed by atoms with Crippen LogP contribution in [0.4, 0.5) is 0 Å². The van der Waals surface area contributed by atoms with Crippen molar-refractivity contribution in [2.75, 3.05) is 0 Å². The zero-order valence-corrected chi connectivity index (χ0v) is 7.14. The largest absolute Gasteiger partial charge is 0.326 e. The fraction of sp³-hybridized carbons (Fsp3) is 1.00. The Balaban J connectivity index is 0.000000371. The summed E-state index contributed by atoms with van der Waals surface area (Å²) in [6, 6.07) is 0.562. The van der Waals surface area contributed by atoms with Crippen molar-refractivity contribution < 1.29 is 0 Å². The van der Waals surface area contributed by atoms with E-state index < -0.39 is 0 Å². The van der Waals surface area contributed by atoms with Crippen molar-refractivity contribution in [3.8, 4) is 0 Å². The molecule has 0 aromatic carbocycles. The van der Waals surface area contributed by atoms with Crippen LogP contribution in [0.25, 0.3) is 0 Å². The number of rotatable bonds is 0. The fourth-order valence-electron chi connectivity index (χ4n) is 1.19. The molecule has 1 fully saturated rings. The summed E-state index contributed by atoms with van der Waals surface area (Å²) in [5.41, 5.74) is 11.3. The summed E-state index contributed by atoms with van der Waals surface area (Å²) in [5, 5.41) is 0. The molecule has 0 amide bonds. The molecule has 10 heavy (non-hydrogen) atoms. The maximum Gasteiger partial charge on any atom is 0.0192 e. The van der Waals surface area contributed by atoms with Crippen LogP contribution in [0, 0.1) is 0 Å². The van der Waals surface area contributed by atoms with Crippen molar-refractivity contribution >= 4 is 0 Å². The molecule has 0 bridgehead atoms. The molecule has 2 heteroatoms. The first kappa shape index (κ1) is 9.92. The van der Waals surface area contributed by atoms with Gasteiger partial charge in [0.15, 0.2) is 0 Å². The molecule has 1 aliphatic rings. The molecule has 2 atom stereocenters. The lowest BCUT2D eigenvalue weighted by Crippen LogP contribution is -2.43. The van der Waals surface area contributed by atoms with Crippen LogP contribution >= 0.6 is 0 Å². The molecule has 1 rings (SSSR count). The Morgan fingerprint density at radius 3 is 1.40 bits per heavy atom. The Hall–Kier alpha value is -0.0800. The minimum absolute atomic E-state index is 0.281. The van der Waals surface area contributed by atoms with Crippen molar-refractivity contribution in [2.24, 2.45) is 11.5 Å². The second kappa shape index (κ2) is 5.69. The first-order valence-electron chi connectivity index (χ1n) is 4.32. The van der Waals surface area contributed by atoms with E-state index in [1.165, 1.54) is 12.8 Å². The Kier molecular flexibility index (Phi) is 5.64. The molecule has 0 aromatic heterocycles. The quantitative estimate of drug-likeness (QED) is 0.537. The summed E-state index contributed by atoms with van der Waals surface area (Å²) < 4.78 is 0. The van der Waals surface area contributed by atoms with Crippen molar-refractivity contribution in [2.45, 2.75) is 51.6 Å². The van der Waals surface area contributed by atoms with Gasteiger partial charge in [-0.05, 0) is 12.8 Å². The topological polar surface area (TPSA) is 52.0 Å². The van der Waals surface area contributed by atoms with E-state index in [-0.39, 0.29) is 12.1 Å². The summed E-state index contributed by atoms with van der Waals surface area (Å²) in [5.74, 6) is 0. The van der Waals surface area contributed by atoms with E-state index in [1.54, 1.807) is 0 Å². The predicted octanol–water partition coefficient (Wildman–Crippen LogP) is 1.24. The lowest BCUT2D eigenvalue weighted by molar-refractivity contribution is 0.385. The highest BCUT2D eigenvalue weighted by molar-refractivity contribution is 4.79. The highest BCUT2D eigenvalue weighted by Gasteiger charge is 2.16. The molecule has 0 spiro atoms. The molecule has 1 aliphatic carbocycles. The standard InChI is InChI=1S/C6H14N2.C2H6/c7-5-3-1-2-4-6(5)8;1-2/h5-6H,1-4,7-8H2;1-2H3/t5-,6?;/m1./s1. The molecule has 2 nitrogen and oxygen atoms in total. The van der Waals surface area contributed by atoms with Crippen molar-refractivity contribution in [1.29, 1.82) is 0 Å². The van der Waals surface area contributed by atoms with Crippen LogP contribution in [0.15, 0.2) is 0 Å². The average molecular weight is 144 g/mol. The first-order valence-corrected chi connectivity index (χ1v) is 4.32. The van der Waals surface area contributed by atoms with Gasteiger partial charge in [-0.15, -0.1) is 0 Å². The van der Waals surface area contributed by atoms with Gasteiger partial charge in [-0.2, -0.15) is 0 Å². The van der Waals surface area contributed by atoms with E-state index >= 15 is 0 Å². The van der Waals surface area contributed by atoms with Gasteiger partial charge in [-0.1, -0.05) is 26.7 Å². The SMILES string of the molecule is CC.NC1CCCC[C@H]1N. The lowest BCUT2D eigenvalue weighted by Gasteiger charge is -2.24. The fourth-order valence-corrected chi connectivity index (χ4v) is 1.19. The minimum Gasteiger partial charge on any atom is -0.326 e. The number of hydrogen-bond acceptors (Lipinski definition) is 2. The van der Waals surface area contributed by atoms with Crippen LogP contribution in [0.1, 0.15) is 39.5 Å². The van der Waals surface area contributed by atoms with Crippen LogP contribution < -0.4 is 11.5 Å². The average Bonchev–Trinajstić information content (AvgIpc) is 2.00. The van der Waals surface area contributed by atoms with E-state index in [0.29, 0.717) is 0 Å². The molecule has 1 saturated carbocycles. The van der Waals surface area contributed by atoms with Crippen molar-refractivity contribution in [1.82, 2.24) is 0 Å². The van der Waals surface area contributed by atoms with Crippen LogP contribution in [-0.4, -0.2) is 12.1 Å². The zero-order valence-electron chi connectivity index (χ0n) is 7.14. The highest BCUT2D eigenvalue weighted by atomic mass is 14.8. The van der Waals surface area contributed by atoms with Gasteiger partial charge in [0.2, 0.25) is 0 Å². The predicted molar refractivity (Wildman–Crippen MR) is 45.8 cm³/mol. The Bertz CT molecular complexity index is 63.7. The van der Waals surface area contributed by atoms with Gasteiger partial charge in [0, 0.05) is 12.1 Å². The van der Waals surface area contributed by atoms with E-state index in [1.807, 2.05) is 13.8 Å². The molecule has 62 valence electrons. The summed E-state index contributed by atoms with van der Waals surface area (Å²) >= 11 is 0. The van der Waals surface area contributed by atoms with Gasteiger partial charge in [-0.25, -0.2) is 0 Å². The normalized spacial score (nSPS) is 32.4. The maximum absolute atomic E-state index is 5.65. The highest BCUT2D eigenvalue weighted by Crippen LogP contribution is 2.14. The van der Waals surface area contributed by atoms with E-state index in [4.69, 9.17) is 11.5 Å². The monoisotopic (exact) mass is 144 g/mol. The molecule has 0 heterocycles. The number of nitrogens with two attached hydrogens (primary N) is 2. The van der Waals surface area contributed by atoms with Gasteiger partial charge in [0.1, 0.15) is 0 Å². The smallest absolute Gasteiger partial charge is 0.0192 e. The Morgan fingerprint density at radius 1 is 0.900 bits per heavy atom. The van der Waals surface area contributed by atoms with Crippen LogP contribution in [0.5, 0.6) is 0 Å². The molecule has 1 unspecified atom stereocenters. The summed E-state index contributed by atoms with van der Waals surface area (Å²) in [6.45, 7) is 4.00. The van der Waals surface area contributed by atoms with Crippen molar-refractivity contribution in [3.63, 3.8) is 0 Å². The summed E-state index contributed by atoms with van der Waals surface area (Å²) in [7, 11) is 0. The molecule has 0 radical (unpaired) electrons. The van der Waals surface area contributed by atoms with E-state index in [2.05, 4.69) is 0 Å². The lowest BCUT2D eigenvalue weighted by atomic mass is 9.92. The van der Waals surface area contributed by atoms with E-state index in [9.17, 15) is 0 Å². The summed E-state index contributed by atoms with van der Waals surface area (Å²) in [6.07, 6.45) is 4.80. The second-order valence-electron chi connectivity index (χ2n) is 2.61. The van der Waals surface area contributed by atoms with Gasteiger partial charge in [0.05, 0.1) is 0 Å². The van der Waals surface area contributed by atoms with Crippen LogP contribution in [0.3, 0.4) is 0 Å². The summed E-state index contributed by atoms with van der Waals surface area (Å²) in [4.78, 5) is 0. The van der Waals surface area contributed by atoms with Crippen LogP contribution in [0.2, 0.25) is 0 Å². The van der Waals surface area contributed by atoms with Gasteiger partial charge >= 0.3 is 0 Å². The maximum atomic E-state index is 5.65. The molecular weight excluding hydrogens is 124 g/mol. The van der Waals surface area contributed by atoms with Gasteiger partial charge in [0.25, 0.3) is 0 Å². The van der Waals surface area contributed by atoms with Gasteiger partial charge < -0.3 is 11.5 Å². The number of hydrogen-bond donors (Lipinski definition) is 2. The zero-order chi connectivity index (χ0) is 7.98. The molecule has 4 N–H and O–H groups in total. The Labute approximate surface area is 64.0 Å². The van der Waals surface area contributed by atoms with E-state index in [0.717, 1.165) is 12.8 Å². The third-order valence-electron chi connectivity index (χ3n) is 1.87. The van der Waals surface area contributed by atoms with Gasteiger partial charge in [-0.3, -0.25) is 0 Å². The minimum atomic E-state index is 0.281. The Morgan fingerprint density at radius 2 is 1.20 bits per heavy atom. The van der Waals surface area contributed by atoms with Crippen molar-refractivity contribution in [3.05, 3.63) is 0 Å². The van der Waals surface area contributed by atoms with Crippen LogP contribution in [-0.2, 0) is 0 Å². The molecular formula is C8H20N2. The molecule has 0 saturated heterocycles. The third kappa shape index (κ3) is 3.18. The first-order chi connectivity index (χ1) is 4.80. The second-order valence-corrected chi connectivity index (χ2v) is 2.61.